The maximum atomic E-state index is 11.1. The molecule has 0 aromatic heterocycles. The largest absolute Gasteiger partial charge is 0.468 e. The quantitative estimate of drug-likeness (QED) is 0.697. The van der Waals surface area contributed by atoms with Crippen molar-refractivity contribution in [3.63, 3.8) is 0 Å². The molecule has 4 nitrogen and oxygen atoms in total. The Morgan fingerprint density at radius 1 is 1.40 bits per heavy atom. The van der Waals surface area contributed by atoms with Crippen molar-refractivity contribution in [3.8, 4) is 0 Å². The molecule has 0 aromatic carbocycles. The van der Waals surface area contributed by atoms with Crippen molar-refractivity contribution in [1.82, 2.24) is 10.2 Å². The third-order valence-electron chi connectivity index (χ3n) is 3.33. The highest BCUT2D eigenvalue weighted by atomic mass is 16.5. The minimum absolute atomic E-state index is 0.145. The molecule has 1 rings (SSSR count). The molecule has 4 heteroatoms. The number of nitrogens with one attached hydrogen (secondary N) is 1. The van der Waals surface area contributed by atoms with Crippen molar-refractivity contribution in [2.75, 3.05) is 27.7 Å². The van der Waals surface area contributed by atoms with Gasteiger partial charge in [-0.15, -0.1) is 0 Å². The van der Waals surface area contributed by atoms with Crippen LogP contribution in [0.25, 0.3) is 0 Å². The summed E-state index contributed by atoms with van der Waals surface area (Å²) in [6.07, 6.45) is 4.73. The standard InChI is InChI=1S/C11H22N2O2/c1-12-9-4-6-10(7-5-9)13(2)8-11(14)15-3/h9-10,12H,4-8H2,1-3H3. The van der Waals surface area contributed by atoms with Crippen molar-refractivity contribution < 1.29 is 9.53 Å². The van der Waals surface area contributed by atoms with Gasteiger partial charge in [-0.25, -0.2) is 0 Å². The Bertz CT molecular complexity index is 201. The van der Waals surface area contributed by atoms with Crippen LogP contribution in [-0.4, -0.2) is 50.7 Å². The third kappa shape index (κ3) is 3.80. The highest BCUT2D eigenvalue weighted by Crippen LogP contribution is 2.21. The van der Waals surface area contributed by atoms with Gasteiger partial charge in [-0.1, -0.05) is 0 Å². The lowest BCUT2D eigenvalue weighted by molar-refractivity contribution is -0.142. The van der Waals surface area contributed by atoms with Gasteiger partial charge in [-0.2, -0.15) is 0 Å². The van der Waals surface area contributed by atoms with Crippen LogP contribution in [0.2, 0.25) is 0 Å². The lowest BCUT2D eigenvalue weighted by Crippen LogP contribution is -2.41. The van der Waals surface area contributed by atoms with E-state index in [4.69, 9.17) is 0 Å². The minimum Gasteiger partial charge on any atom is -0.468 e. The van der Waals surface area contributed by atoms with E-state index in [9.17, 15) is 4.79 Å². The van der Waals surface area contributed by atoms with E-state index in [-0.39, 0.29) is 5.97 Å². The highest BCUT2D eigenvalue weighted by molar-refractivity contribution is 5.71. The van der Waals surface area contributed by atoms with Crippen LogP contribution in [0.4, 0.5) is 0 Å². The Kier molecular flexibility index (Phi) is 5.05. The fraction of sp³-hybridized carbons (Fsp3) is 0.909. The molecule has 0 radical (unpaired) electrons. The molecule has 0 aliphatic heterocycles. The first-order chi connectivity index (χ1) is 7.17. The molecule has 1 aliphatic rings. The maximum absolute atomic E-state index is 11.1. The average Bonchev–Trinajstić information content (AvgIpc) is 2.29. The number of carbonyl (C=O) groups is 1. The van der Waals surface area contributed by atoms with Gasteiger partial charge in [0.2, 0.25) is 0 Å². The average molecular weight is 214 g/mol. The summed E-state index contributed by atoms with van der Waals surface area (Å²) in [6.45, 7) is 0.408. The third-order valence-corrected chi connectivity index (χ3v) is 3.33. The van der Waals surface area contributed by atoms with Crippen LogP contribution in [0.1, 0.15) is 25.7 Å². The summed E-state index contributed by atoms with van der Waals surface area (Å²) in [5.41, 5.74) is 0. The summed E-state index contributed by atoms with van der Waals surface area (Å²) in [5.74, 6) is -0.145. The van der Waals surface area contributed by atoms with Gasteiger partial charge in [0.25, 0.3) is 0 Å². The summed E-state index contributed by atoms with van der Waals surface area (Å²) >= 11 is 0. The number of carbonyl (C=O) groups excluding carboxylic acids is 1. The zero-order chi connectivity index (χ0) is 11.3. The summed E-state index contributed by atoms with van der Waals surface area (Å²) in [6, 6.07) is 1.20. The molecule has 0 aromatic rings. The van der Waals surface area contributed by atoms with E-state index in [0.717, 1.165) is 0 Å². The smallest absolute Gasteiger partial charge is 0.319 e. The molecule has 0 spiro atoms. The molecule has 0 saturated heterocycles. The van der Waals surface area contributed by atoms with E-state index in [1.807, 2.05) is 14.1 Å². The number of rotatable bonds is 4. The molecule has 1 N–H and O–H groups in total. The Labute approximate surface area is 92.0 Å². The van der Waals surface area contributed by atoms with Crippen LogP contribution in [0.5, 0.6) is 0 Å². The molecule has 0 heterocycles. The Morgan fingerprint density at radius 2 is 2.00 bits per heavy atom. The number of nitrogens with zero attached hydrogens (tertiary/aromatic N) is 1. The van der Waals surface area contributed by atoms with Crippen LogP contribution < -0.4 is 5.32 Å². The van der Waals surface area contributed by atoms with Gasteiger partial charge in [0, 0.05) is 12.1 Å². The van der Waals surface area contributed by atoms with Crippen molar-refractivity contribution in [1.29, 1.82) is 0 Å². The van der Waals surface area contributed by atoms with Crippen molar-refractivity contribution in [2.45, 2.75) is 37.8 Å². The van der Waals surface area contributed by atoms with Crippen LogP contribution in [-0.2, 0) is 9.53 Å². The van der Waals surface area contributed by atoms with Crippen LogP contribution >= 0.6 is 0 Å². The van der Waals surface area contributed by atoms with Crippen molar-refractivity contribution >= 4 is 5.97 Å². The second-order valence-electron chi connectivity index (χ2n) is 4.29. The monoisotopic (exact) mass is 214 g/mol. The number of likely N-dealkylation sites (N-methyl/N-ethyl adjacent to an activating group) is 1. The first-order valence-corrected chi connectivity index (χ1v) is 5.61. The van der Waals surface area contributed by atoms with E-state index in [1.54, 1.807) is 0 Å². The number of hydrogen-bond donors (Lipinski definition) is 1. The lowest BCUT2D eigenvalue weighted by Gasteiger charge is -2.33. The summed E-state index contributed by atoms with van der Waals surface area (Å²) in [4.78, 5) is 13.2. The summed E-state index contributed by atoms with van der Waals surface area (Å²) in [7, 11) is 5.46. The fourth-order valence-electron chi connectivity index (χ4n) is 2.20. The van der Waals surface area contributed by atoms with Crippen LogP contribution in [0.3, 0.4) is 0 Å². The molecular weight excluding hydrogens is 192 g/mol. The molecule has 1 saturated carbocycles. The van der Waals surface area contributed by atoms with E-state index in [1.165, 1.54) is 32.8 Å². The van der Waals surface area contributed by atoms with Gasteiger partial charge in [0.05, 0.1) is 13.7 Å². The van der Waals surface area contributed by atoms with E-state index in [2.05, 4.69) is 15.0 Å². The maximum Gasteiger partial charge on any atom is 0.319 e. The second-order valence-corrected chi connectivity index (χ2v) is 4.29. The number of esters is 1. The SMILES string of the molecule is CNC1CCC(N(C)CC(=O)OC)CC1. The van der Waals surface area contributed by atoms with E-state index < -0.39 is 0 Å². The second kappa shape index (κ2) is 6.08. The fourth-order valence-corrected chi connectivity index (χ4v) is 2.20. The predicted molar refractivity (Wildman–Crippen MR) is 59.7 cm³/mol. The van der Waals surface area contributed by atoms with Crippen molar-refractivity contribution in [2.24, 2.45) is 0 Å². The lowest BCUT2D eigenvalue weighted by atomic mass is 9.90. The normalized spacial score (nSPS) is 26.7. The van der Waals surface area contributed by atoms with Crippen LogP contribution in [0.15, 0.2) is 0 Å². The topological polar surface area (TPSA) is 41.6 Å². The molecular formula is C11H22N2O2. The molecule has 15 heavy (non-hydrogen) atoms. The van der Waals surface area contributed by atoms with E-state index >= 15 is 0 Å². The Hall–Kier alpha value is -0.610. The van der Waals surface area contributed by atoms with Gasteiger partial charge in [-0.3, -0.25) is 9.69 Å². The minimum atomic E-state index is -0.145. The predicted octanol–water partition coefficient (Wildman–Crippen LogP) is 0.622. The molecule has 1 fully saturated rings. The van der Waals surface area contributed by atoms with E-state index in [0.29, 0.717) is 18.6 Å². The first kappa shape index (κ1) is 12.5. The Morgan fingerprint density at radius 3 is 2.47 bits per heavy atom. The van der Waals surface area contributed by atoms with Gasteiger partial charge in [0.1, 0.15) is 0 Å². The van der Waals surface area contributed by atoms with Gasteiger partial charge >= 0.3 is 5.97 Å². The summed E-state index contributed by atoms with van der Waals surface area (Å²) in [5, 5.41) is 3.31. The molecule has 0 unspecified atom stereocenters. The molecule has 0 atom stereocenters. The number of ether oxygens (including phenoxy) is 1. The highest BCUT2D eigenvalue weighted by Gasteiger charge is 2.24. The van der Waals surface area contributed by atoms with Gasteiger partial charge in [0.15, 0.2) is 0 Å². The Balaban J connectivity index is 2.29. The molecule has 88 valence electrons. The first-order valence-electron chi connectivity index (χ1n) is 5.61. The van der Waals surface area contributed by atoms with Crippen molar-refractivity contribution in [3.05, 3.63) is 0 Å². The van der Waals surface area contributed by atoms with Gasteiger partial charge in [-0.05, 0) is 39.8 Å². The summed E-state index contributed by atoms with van der Waals surface area (Å²) < 4.78 is 4.66. The zero-order valence-electron chi connectivity index (χ0n) is 9.95. The molecule has 1 aliphatic carbocycles. The molecule has 0 bridgehead atoms. The number of methoxy groups -OCH3 is 1. The number of hydrogen-bond acceptors (Lipinski definition) is 4. The van der Waals surface area contributed by atoms with Gasteiger partial charge < -0.3 is 10.1 Å². The molecule has 0 amide bonds. The van der Waals surface area contributed by atoms with Crippen LogP contribution in [0, 0.1) is 0 Å². The zero-order valence-corrected chi connectivity index (χ0v) is 9.95.